The van der Waals surface area contributed by atoms with Crippen molar-refractivity contribution in [3.63, 3.8) is 0 Å². The number of thioether (sulfide) groups is 1. The van der Waals surface area contributed by atoms with E-state index in [9.17, 15) is 9.59 Å². The normalized spacial score (nSPS) is 12.1. The van der Waals surface area contributed by atoms with Gasteiger partial charge in [0.1, 0.15) is 0 Å². The Kier molecular flexibility index (Phi) is 5.99. The van der Waals surface area contributed by atoms with Crippen LogP contribution in [0.15, 0.2) is 82.7 Å². The number of nitrogens with zero attached hydrogens (tertiary/aromatic N) is 2. The van der Waals surface area contributed by atoms with Crippen LogP contribution in [0.3, 0.4) is 0 Å². The summed E-state index contributed by atoms with van der Waals surface area (Å²) >= 11 is 1.25. The number of aromatic nitrogens is 2. The molecule has 1 aromatic heterocycles. The number of hydrogen-bond acceptors (Lipinski definition) is 6. The number of carbonyl (C=O) groups is 1. The molecule has 0 saturated carbocycles. The lowest BCUT2D eigenvalue weighted by Gasteiger charge is -2.13. The van der Waals surface area contributed by atoms with E-state index in [1.807, 2.05) is 66.7 Å². The highest BCUT2D eigenvalue weighted by Crippen LogP contribution is 2.32. The summed E-state index contributed by atoms with van der Waals surface area (Å²) in [4.78, 5) is 30.4. The average Bonchev–Trinajstić information content (AvgIpc) is 3.32. The van der Waals surface area contributed by atoms with E-state index in [1.165, 1.54) is 11.8 Å². The molecule has 0 spiro atoms. The topological polar surface area (TPSA) is 82.5 Å². The van der Waals surface area contributed by atoms with Crippen molar-refractivity contribution in [2.75, 3.05) is 12.5 Å². The Hall–Kier alpha value is -3.78. The van der Waals surface area contributed by atoms with E-state index in [1.54, 1.807) is 10.6 Å². The van der Waals surface area contributed by atoms with Crippen molar-refractivity contribution >= 4 is 28.6 Å². The van der Waals surface area contributed by atoms with Gasteiger partial charge in [-0.1, -0.05) is 60.3 Å². The molecule has 2 heterocycles. The quantitative estimate of drug-likeness (QED) is 0.336. The second kappa shape index (κ2) is 9.38. The zero-order valence-electron chi connectivity index (χ0n) is 17.7. The molecule has 33 heavy (non-hydrogen) atoms. The second-order valence-corrected chi connectivity index (χ2v) is 8.48. The lowest BCUT2D eigenvalue weighted by atomic mass is 10.2. The molecule has 0 atom stereocenters. The van der Waals surface area contributed by atoms with Gasteiger partial charge in [-0.2, -0.15) is 0 Å². The lowest BCUT2D eigenvalue weighted by Crippen LogP contribution is -2.27. The molecule has 0 aliphatic carbocycles. The van der Waals surface area contributed by atoms with Crippen molar-refractivity contribution < 1.29 is 14.3 Å². The summed E-state index contributed by atoms with van der Waals surface area (Å²) < 4.78 is 12.3. The summed E-state index contributed by atoms with van der Waals surface area (Å²) in [6.45, 7) is 0.974. The number of carbonyl (C=O) groups excluding carboxylic acids is 1. The maximum absolute atomic E-state index is 13.2. The summed E-state index contributed by atoms with van der Waals surface area (Å²) in [7, 11) is 0. The van der Waals surface area contributed by atoms with Gasteiger partial charge in [-0.05, 0) is 35.4 Å². The van der Waals surface area contributed by atoms with Gasteiger partial charge in [-0.25, -0.2) is 4.98 Å². The predicted octanol–water partition coefficient (Wildman–Crippen LogP) is 3.58. The molecular weight excluding hydrogens is 438 g/mol. The van der Waals surface area contributed by atoms with Crippen molar-refractivity contribution in [3.05, 3.63) is 94.3 Å². The van der Waals surface area contributed by atoms with E-state index >= 15 is 0 Å². The van der Waals surface area contributed by atoms with Crippen molar-refractivity contribution in [2.24, 2.45) is 0 Å². The van der Waals surface area contributed by atoms with Crippen LogP contribution < -0.4 is 20.3 Å². The van der Waals surface area contributed by atoms with Crippen molar-refractivity contribution in [1.82, 2.24) is 14.9 Å². The molecular formula is C25H21N3O4S. The molecule has 4 aromatic rings. The van der Waals surface area contributed by atoms with Crippen molar-refractivity contribution in [3.8, 4) is 11.5 Å². The van der Waals surface area contributed by atoms with E-state index in [0.29, 0.717) is 40.6 Å². The summed E-state index contributed by atoms with van der Waals surface area (Å²) in [5.74, 6) is 1.39. The van der Waals surface area contributed by atoms with Gasteiger partial charge >= 0.3 is 0 Å². The lowest BCUT2D eigenvalue weighted by molar-refractivity contribution is -0.118. The third kappa shape index (κ3) is 4.70. The Morgan fingerprint density at radius 3 is 2.64 bits per heavy atom. The largest absolute Gasteiger partial charge is 0.454 e. The average molecular weight is 460 g/mol. The molecule has 0 unspecified atom stereocenters. The first-order chi connectivity index (χ1) is 16.2. The number of para-hydroxylation sites is 1. The third-order valence-electron chi connectivity index (χ3n) is 5.27. The third-order valence-corrected chi connectivity index (χ3v) is 6.25. The molecule has 166 valence electrons. The summed E-state index contributed by atoms with van der Waals surface area (Å²) in [6, 6.07) is 22.6. The summed E-state index contributed by atoms with van der Waals surface area (Å²) in [5.41, 5.74) is 2.41. The number of rotatable bonds is 7. The second-order valence-electron chi connectivity index (χ2n) is 7.54. The first-order valence-electron chi connectivity index (χ1n) is 10.5. The van der Waals surface area contributed by atoms with Crippen LogP contribution in [0, 0.1) is 0 Å². The summed E-state index contributed by atoms with van der Waals surface area (Å²) in [6.07, 6.45) is 0. The Balaban J connectivity index is 1.31. The molecule has 7 nitrogen and oxygen atoms in total. The zero-order chi connectivity index (χ0) is 22.6. The fraction of sp³-hybridized carbons (Fsp3) is 0.160. The molecule has 1 aliphatic heterocycles. The highest BCUT2D eigenvalue weighted by atomic mass is 32.2. The number of nitrogens with one attached hydrogen (secondary N) is 1. The van der Waals surface area contributed by atoms with E-state index in [0.717, 1.165) is 11.1 Å². The molecule has 1 amide bonds. The molecule has 0 fully saturated rings. The standard InChI is InChI=1S/C25H21N3O4S/c29-23(26-13-18-10-11-21-22(12-18)32-16-31-21)15-33-25-27-20-9-5-4-8-19(20)24(30)28(25)14-17-6-2-1-3-7-17/h1-12H,13-16H2,(H,26,29). The number of benzene rings is 3. The van der Waals surface area contributed by atoms with Gasteiger partial charge < -0.3 is 14.8 Å². The highest BCUT2D eigenvalue weighted by molar-refractivity contribution is 7.99. The van der Waals surface area contributed by atoms with Crippen LogP contribution in [0.25, 0.3) is 10.9 Å². The Labute approximate surface area is 194 Å². The van der Waals surface area contributed by atoms with Gasteiger partial charge in [0, 0.05) is 6.54 Å². The number of hydrogen-bond donors (Lipinski definition) is 1. The van der Waals surface area contributed by atoms with Crippen molar-refractivity contribution in [2.45, 2.75) is 18.2 Å². The predicted molar refractivity (Wildman–Crippen MR) is 127 cm³/mol. The van der Waals surface area contributed by atoms with Gasteiger partial charge in [-0.3, -0.25) is 14.2 Å². The molecule has 5 rings (SSSR count). The molecule has 3 aromatic carbocycles. The molecule has 0 radical (unpaired) electrons. The molecule has 0 saturated heterocycles. The van der Waals surface area contributed by atoms with Crippen LogP contribution >= 0.6 is 11.8 Å². The van der Waals surface area contributed by atoms with E-state index in [2.05, 4.69) is 10.3 Å². The van der Waals surface area contributed by atoms with E-state index in [4.69, 9.17) is 9.47 Å². The van der Waals surface area contributed by atoms with Gasteiger partial charge in [-0.15, -0.1) is 0 Å². The number of fused-ring (bicyclic) bond motifs is 2. The van der Waals surface area contributed by atoms with Crippen LogP contribution in [0.4, 0.5) is 0 Å². The van der Waals surface area contributed by atoms with Gasteiger partial charge in [0.2, 0.25) is 12.7 Å². The van der Waals surface area contributed by atoms with Crippen LogP contribution in [0.2, 0.25) is 0 Å². The SMILES string of the molecule is O=C(CSc1nc2ccccc2c(=O)n1Cc1ccccc1)NCc1ccc2c(c1)OCO2. The zero-order valence-corrected chi connectivity index (χ0v) is 18.5. The van der Waals surface area contributed by atoms with E-state index in [-0.39, 0.29) is 24.0 Å². The fourth-order valence-corrected chi connectivity index (χ4v) is 4.42. The van der Waals surface area contributed by atoms with Gasteiger partial charge in [0.15, 0.2) is 16.7 Å². The minimum absolute atomic E-state index is 0.118. The van der Waals surface area contributed by atoms with Crippen LogP contribution in [0.1, 0.15) is 11.1 Å². The van der Waals surface area contributed by atoms with Crippen LogP contribution in [-0.2, 0) is 17.9 Å². The number of amides is 1. The first kappa shape index (κ1) is 21.1. The van der Waals surface area contributed by atoms with Gasteiger partial charge in [0.05, 0.1) is 23.2 Å². The minimum Gasteiger partial charge on any atom is -0.454 e. The maximum atomic E-state index is 13.2. The monoisotopic (exact) mass is 459 g/mol. The molecule has 1 aliphatic rings. The smallest absolute Gasteiger partial charge is 0.262 e. The Morgan fingerprint density at radius 2 is 1.76 bits per heavy atom. The van der Waals surface area contributed by atoms with Gasteiger partial charge in [0.25, 0.3) is 5.56 Å². The van der Waals surface area contributed by atoms with Crippen molar-refractivity contribution in [1.29, 1.82) is 0 Å². The first-order valence-corrected chi connectivity index (χ1v) is 11.5. The minimum atomic E-state index is -0.147. The Morgan fingerprint density at radius 1 is 0.970 bits per heavy atom. The van der Waals surface area contributed by atoms with E-state index < -0.39 is 0 Å². The fourth-order valence-electron chi connectivity index (χ4n) is 3.60. The molecule has 0 bridgehead atoms. The number of ether oxygens (including phenoxy) is 2. The van der Waals surface area contributed by atoms with Crippen LogP contribution in [0.5, 0.6) is 11.5 Å². The molecule has 8 heteroatoms. The summed E-state index contributed by atoms with van der Waals surface area (Å²) in [5, 5.41) is 3.98. The Bertz CT molecular complexity index is 1370. The molecule has 1 N–H and O–H groups in total. The maximum Gasteiger partial charge on any atom is 0.262 e. The highest BCUT2D eigenvalue weighted by Gasteiger charge is 2.15. The van der Waals surface area contributed by atoms with Crippen LogP contribution in [-0.4, -0.2) is 28.0 Å².